The molecule has 0 heterocycles. The molecule has 1 heteroatoms. The molecule has 0 fully saturated rings. The zero-order chi connectivity index (χ0) is 6.15. The molecule has 41 valence electrons. The molecule has 0 N–H and O–H groups in total. The summed E-state index contributed by atoms with van der Waals surface area (Å²) in [7, 11) is 0. The fourth-order valence-electron chi connectivity index (χ4n) is 0.926. The van der Waals surface area contributed by atoms with Crippen LogP contribution in [0.15, 0.2) is 21.1 Å². The first-order chi connectivity index (χ1) is 3.70. The molecule has 0 aliphatic heterocycles. The third kappa shape index (κ3) is 1.12. The average molecular weight is 141 g/mol. The second kappa shape index (κ2) is 2.20. The summed E-state index contributed by atoms with van der Waals surface area (Å²) >= 11 is 2.20. The van der Waals surface area contributed by atoms with Crippen LogP contribution in [0.1, 0.15) is 20.3 Å². The van der Waals surface area contributed by atoms with E-state index in [9.17, 15) is 0 Å². The number of hydrogen-bond donors (Lipinski definition) is 0. The van der Waals surface area contributed by atoms with Gasteiger partial charge in [-0.25, -0.2) is 0 Å². The topological polar surface area (TPSA) is 0 Å². The maximum atomic E-state index is 2.26. The summed E-state index contributed by atoms with van der Waals surface area (Å²) in [6.45, 7) is 4.35. The third-order valence-corrected chi connectivity index (χ3v) is 2.29. The molecular weight excluding hydrogens is 132 g/mol. The van der Waals surface area contributed by atoms with Crippen LogP contribution in [0.2, 0.25) is 0 Å². The van der Waals surface area contributed by atoms with Crippen LogP contribution in [-0.4, -0.2) is 0 Å². The summed E-state index contributed by atoms with van der Waals surface area (Å²) in [6, 6.07) is 0. The Morgan fingerprint density at radius 2 is 2.12 bits per heavy atom. The molecule has 0 radical (unpaired) electrons. The molecule has 0 spiro atoms. The first kappa shape index (κ1) is 6.32. The average Bonchev–Trinajstić information content (AvgIpc) is 1.85. The van der Waals surface area contributed by atoms with E-state index in [4.69, 9.17) is 0 Å². The molecule has 0 aromatic carbocycles. The first-order valence-electron chi connectivity index (χ1n) is 2.78. The minimum atomic E-state index is 1.20. The van der Waals surface area contributed by atoms with Gasteiger partial charge in [-0.1, -0.05) is 0 Å². The van der Waals surface area contributed by atoms with Gasteiger partial charge < -0.3 is 0 Å². The van der Waals surface area contributed by atoms with Crippen LogP contribution in [0, 0.1) is 0 Å². The Bertz CT molecular complexity index is 163. The van der Waals surface area contributed by atoms with E-state index < -0.39 is 0 Å². The SMILES string of the molecule is CC1=CC(C)=[C]([Ti])C1. The maximum absolute atomic E-state index is 2.26. The number of hydrogen-bond acceptors (Lipinski definition) is 0. The summed E-state index contributed by atoms with van der Waals surface area (Å²) in [5, 5.41) is 0. The first-order valence-corrected chi connectivity index (χ1v) is 3.57. The summed E-state index contributed by atoms with van der Waals surface area (Å²) < 4.78 is 1.53. The Kier molecular flexibility index (Phi) is 1.74. The van der Waals surface area contributed by atoms with Crippen LogP contribution in [0.5, 0.6) is 0 Å². The van der Waals surface area contributed by atoms with E-state index in [0.717, 1.165) is 0 Å². The van der Waals surface area contributed by atoms with E-state index >= 15 is 0 Å². The van der Waals surface area contributed by atoms with Crippen LogP contribution >= 0.6 is 0 Å². The van der Waals surface area contributed by atoms with Crippen LogP contribution in [0.3, 0.4) is 0 Å². The Balaban J connectivity index is 2.79. The van der Waals surface area contributed by atoms with Crippen molar-refractivity contribution in [3.63, 3.8) is 0 Å². The molecule has 0 unspecified atom stereocenters. The van der Waals surface area contributed by atoms with Crippen LogP contribution in [0.25, 0.3) is 0 Å². The second-order valence-corrected chi connectivity index (χ2v) is 3.27. The summed E-state index contributed by atoms with van der Waals surface area (Å²) in [5.74, 6) is 0. The molecule has 0 amide bonds. The van der Waals surface area contributed by atoms with Crippen molar-refractivity contribution < 1.29 is 20.4 Å². The van der Waals surface area contributed by atoms with E-state index in [1.165, 1.54) is 21.4 Å². The fraction of sp³-hybridized carbons (Fsp3) is 0.429. The van der Waals surface area contributed by atoms with Gasteiger partial charge in [-0.05, 0) is 0 Å². The molecule has 0 atom stereocenters. The van der Waals surface area contributed by atoms with E-state index in [-0.39, 0.29) is 0 Å². The van der Waals surface area contributed by atoms with E-state index in [1.807, 2.05) is 0 Å². The van der Waals surface area contributed by atoms with Crippen molar-refractivity contribution in [3.05, 3.63) is 21.1 Å². The Labute approximate surface area is 62.1 Å². The molecule has 0 nitrogen and oxygen atoms in total. The Hall–Kier alpha value is 0.194. The van der Waals surface area contributed by atoms with Gasteiger partial charge in [0.2, 0.25) is 0 Å². The molecule has 0 saturated carbocycles. The fourth-order valence-corrected chi connectivity index (χ4v) is 1.47. The standard InChI is InChI=1S/C7H9.Ti/c1-6-3-4-7(2)5-6;/h5H,3H2,1-2H3;. The summed E-state index contributed by atoms with van der Waals surface area (Å²) in [6.07, 6.45) is 3.46. The minimum absolute atomic E-state index is 1.20. The van der Waals surface area contributed by atoms with Gasteiger partial charge in [0.15, 0.2) is 0 Å². The predicted molar refractivity (Wildman–Crippen MR) is 31.1 cm³/mol. The van der Waals surface area contributed by atoms with Gasteiger partial charge >= 0.3 is 61.8 Å². The van der Waals surface area contributed by atoms with Crippen molar-refractivity contribution in [2.45, 2.75) is 20.3 Å². The molecule has 0 saturated heterocycles. The van der Waals surface area contributed by atoms with Gasteiger partial charge in [0.25, 0.3) is 0 Å². The van der Waals surface area contributed by atoms with E-state index in [0.29, 0.717) is 0 Å². The van der Waals surface area contributed by atoms with Gasteiger partial charge in [0, 0.05) is 0 Å². The monoisotopic (exact) mass is 141 g/mol. The van der Waals surface area contributed by atoms with Crippen molar-refractivity contribution in [3.8, 4) is 0 Å². The quantitative estimate of drug-likeness (QED) is 0.453. The molecule has 8 heavy (non-hydrogen) atoms. The van der Waals surface area contributed by atoms with Crippen LogP contribution < -0.4 is 0 Å². The number of rotatable bonds is 0. The van der Waals surface area contributed by atoms with Crippen LogP contribution in [-0.2, 0) is 20.4 Å². The van der Waals surface area contributed by atoms with Gasteiger partial charge in [-0.15, -0.1) is 0 Å². The molecule has 1 rings (SSSR count). The van der Waals surface area contributed by atoms with Crippen molar-refractivity contribution >= 4 is 0 Å². The molecule has 0 bridgehead atoms. The molecule has 1 aliphatic carbocycles. The predicted octanol–water partition coefficient (Wildman–Crippen LogP) is 2.16. The van der Waals surface area contributed by atoms with Gasteiger partial charge in [-0.2, -0.15) is 0 Å². The Morgan fingerprint density at radius 1 is 1.50 bits per heavy atom. The molecular formula is C7H9Ti. The molecule has 1 aliphatic rings. The molecule has 0 aromatic heterocycles. The van der Waals surface area contributed by atoms with Gasteiger partial charge in [0.1, 0.15) is 0 Å². The van der Waals surface area contributed by atoms with Crippen molar-refractivity contribution in [1.29, 1.82) is 0 Å². The second-order valence-electron chi connectivity index (χ2n) is 2.33. The van der Waals surface area contributed by atoms with Gasteiger partial charge in [0.05, 0.1) is 0 Å². The number of allylic oxidation sites excluding steroid dienone is 4. The van der Waals surface area contributed by atoms with Crippen molar-refractivity contribution in [1.82, 2.24) is 0 Å². The van der Waals surface area contributed by atoms with Crippen molar-refractivity contribution in [2.24, 2.45) is 0 Å². The zero-order valence-electron chi connectivity index (χ0n) is 5.28. The van der Waals surface area contributed by atoms with Crippen molar-refractivity contribution in [2.75, 3.05) is 0 Å². The van der Waals surface area contributed by atoms with Crippen LogP contribution in [0.4, 0.5) is 0 Å². The molecule has 0 aromatic rings. The normalized spacial score (nSPS) is 19.4. The van der Waals surface area contributed by atoms with Gasteiger partial charge in [-0.3, -0.25) is 0 Å². The van der Waals surface area contributed by atoms with E-state index in [1.54, 1.807) is 0 Å². The summed E-state index contributed by atoms with van der Waals surface area (Å²) in [4.78, 5) is 0. The summed E-state index contributed by atoms with van der Waals surface area (Å²) in [5.41, 5.74) is 2.96. The van der Waals surface area contributed by atoms with E-state index in [2.05, 4.69) is 40.4 Å². The Morgan fingerprint density at radius 3 is 2.25 bits per heavy atom. The third-order valence-electron chi connectivity index (χ3n) is 1.39. The zero-order valence-corrected chi connectivity index (χ0v) is 6.85.